The third kappa shape index (κ3) is 6.14. The van der Waals surface area contributed by atoms with Gasteiger partial charge in [-0.25, -0.2) is 4.99 Å². The van der Waals surface area contributed by atoms with Crippen molar-refractivity contribution >= 4 is 11.9 Å². The average Bonchev–Trinajstić information content (AvgIpc) is 3.11. The summed E-state index contributed by atoms with van der Waals surface area (Å²) in [5.74, 6) is 1.46. The summed E-state index contributed by atoms with van der Waals surface area (Å²) in [6.07, 6.45) is 5.57. The van der Waals surface area contributed by atoms with E-state index in [1.807, 2.05) is 24.0 Å². The summed E-state index contributed by atoms with van der Waals surface area (Å²) in [5, 5.41) is 6.29. The molecule has 7 heteroatoms. The van der Waals surface area contributed by atoms with Crippen molar-refractivity contribution in [3.05, 3.63) is 24.5 Å². The van der Waals surface area contributed by atoms with E-state index in [1.165, 1.54) is 0 Å². The number of nitrogens with one attached hydrogen (secondary N) is 2. The van der Waals surface area contributed by atoms with Gasteiger partial charge in [0.1, 0.15) is 18.9 Å². The van der Waals surface area contributed by atoms with Gasteiger partial charge >= 0.3 is 0 Å². The fourth-order valence-electron chi connectivity index (χ4n) is 2.33. The molecule has 126 valence electrons. The molecule has 1 amide bonds. The maximum atomic E-state index is 12.0. The smallest absolute Gasteiger partial charge is 0.244 e. The van der Waals surface area contributed by atoms with E-state index in [1.54, 1.807) is 12.4 Å². The van der Waals surface area contributed by atoms with Crippen LogP contribution < -0.4 is 15.4 Å². The van der Waals surface area contributed by atoms with Gasteiger partial charge in [-0.2, -0.15) is 0 Å². The molecule has 1 fully saturated rings. The quantitative estimate of drug-likeness (QED) is 0.438. The molecular weight excluding hydrogens is 294 g/mol. The number of aliphatic imine (C=N–C) groups is 1. The summed E-state index contributed by atoms with van der Waals surface area (Å²) in [5.41, 5.74) is 0. The zero-order valence-electron chi connectivity index (χ0n) is 13.6. The number of guanidine groups is 1. The van der Waals surface area contributed by atoms with Gasteiger partial charge in [0.05, 0.1) is 12.7 Å². The van der Waals surface area contributed by atoms with E-state index in [9.17, 15) is 4.79 Å². The number of amides is 1. The molecule has 7 nitrogen and oxygen atoms in total. The zero-order valence-corrected chi connectivity index (χ0v) is 13.6. The molecule has 2 rings (SSSR count). The Morgan fingerprint density at radius 2 is 2.22 bits per heavy atom. The fraction of sp³-hybridized carbons (Fsp3) is 0.562. The molecule has 0 aromatic carbocycles. The van der Waals surface area contributed by atoms with E-state index in [4.69, 9.17) is 4.74 Å². The lowest BCUT2D eigenvalue weighted by Gasteiger charge is -2.15. The summed E-state index contributed by atoms with van der Waals surface area (Å²) in [6.45, 7) is 5.72. The molecule has 1 aliphatic rings. The van der Waals surface area contributed by atoms with Crippen LogP contribution in [0.5, 0.6) is 5.75 Å². The average molecular weight is 319 g/mol. The Morgan fingerprint density at radius 3 is 2.91 bits per heavy atom. The van der Waals surface area contributed by atoms with Crippen molar-refractivity contribution in [2.45, 2.75) is 19.8 Å². The normalized spacial score (nSPS) is 14.7. The van der Waals surface area contributed by atoms with E-state index in [2.05, 4.69) is 20.6 Å². The van der Waals surface area contributed by atoms with Gasteiger partial charge < -0.3 is 20.3 Å². The van der Waals surface area contributed by atoms with Gasteiger partial charge in [-0.3, -0.25) is 9.78 Å². The van der Waals surface area contributed by atoms with Gasteiger partial charge in [-0.1, -0.05) is 0 Å². The maximum absolute atomic E-state index is 12.0. The number of carbonyl (C=O) groups excluding carboxylic acids is 1. The summed E-state index contributed by atoms with van der Waals surface area (Å²) < 4.78 is 5.56. The number of nitrogens with zero attached hydrogens (tertiary/aromatic N) is 3. The Bertz CT molecular complexity index is 500. The molecule has 1 saturated heterocycles. The highest BCUT2D eigenvalue weighted by molar-refractivity contribution is 5.85. The van der Waals surface area contributed by atoms with E-state index in [0.29, 0.717) is 19.1 Å². The molecule has 2 N–H and O–H groups in total. The van der Waals surface area contributed by atoms with Crippen LogP contribution in [0.1, 0.15) is 19.8 Å². The molecule has 0 radical (unpaired) electrons. The van der Waals surface area contributed by atoms with Crippen molar-refractivity contribution < 1.29 is 9.53 Å². The summed E-state index contributed by atoms with van der Waals surface area (Å²) in [4.78, 5) is 22.2. The van der Waals surface area contributed by atoms with Gasteiger partial charge in [-0.05, 0) is 31.9 Å². The molecule has 2 heterocycles. The first-order chi connectivity index (χ1) is 11.3. The van der Waals surface area contributed by atoms with E-state index >= 15 is 0 Å². The maximum Gasteiger partial charge on any atom is 0.244 e. The predicted octanol–water partition coefficient (Wildman–Crippen LogP) is 0.638. The van der Waals surface area contributed by atoms with Gasteiger partial charge in [0.25, 0.3) is 0 Å². The molecule has 1 aromatic rings. The van der Waals surface area contributed by atoms with Gasteiger partial charge in [0, 0.05) is 25.8 Å². The number of carbonyl (C=O) groups is 1. The predicted molar refractivity (Wildman–Crippen MR) is 89.5 cm³/mol. The molecule has 0 atom stereocenters. The van der Waals surface area contributed by atoms with Crippen molar-refractivity contribution in [3.63, 3.8) is 0 Å². The van der Waals surface area contributed by atoms with E-state index < -0.39 is 0 Å². The van der Waals surface area contributed by atoms with Crippen LogP contribution in [0, 0.1) is 0 Å². The van der Waals surface area contributed by atoms with Crippen LogP contribution in [0.2, 0.25) is 0 Å². The second kappa shape index (κ2) is 9.66. The third-order valence-corrected chi connectivity index (χ3v) is 3.47. The Labute approximate surface area is 137 Å². The SMILES string of the molecule is CCNC(=NCC(=O)N1CCCC1)NCCOc1cccnc1. The molecule has 0 saturated carbocycles. The molecule has 1 aromatic heterocycles. The molecular formula is C16H25N5O2. The number of hydrogen-bond acceptors (Lipinski definition) is 4. The van der Waals surface area contributed by atoms with E-state index in [0.717, 1.165) is 38.2 Å². The second-order valence-electron chi connectivity index (χ2n) is 5.25. The van der Waals surface area contributed by atoms with Crippen molar-refractivity contribution in [3.8, 4) is 5.75 Å². The fourth-order valence-corrected chi connectivity index (χ4v) is 2.33. The van der Waals surface area contributed by atoms with Crippen LogP contribution in [0.4, 0.5) is 0 Å². The highest BCUT2D eigenvalue weighted by Gasteiger charge is 2.17. The van der Waals surface area contributed by atoms with Crippen molar-refractivity contribution in [2.24, 2.45) is 4.99 Å². The molecule has 0 aliphatic carbocycles. The van der Waals surface area contributed by atoms with Crippen molar-refractivity contribution in [1.29, 1.82) is 0 Å². The number of likely N-dealkylation sites (tertiary alicyclic amines) is 1. The number of rotatable bonds is 7. The van der Waals surface area contributed by atoms with Crippen molar-refractivity contribution in [1.82, 2.24) is 20.5 Å². The summed E-state index contributed by atoms with van der Waals surface area (Å²) >= 11 is 0. The Balaban J connectivity index is 1.71. The Kier molecular flexibility index (Phi) is 7.16. The molecule has 0 bridgehead atoms. The van der Waals surface area contributed by atoms with Crippen LogP contribution in [0.3, 0.4) is 0 Å². The van der Waals surface area contributed by atoms with Crippen LogP contribution >= 0.6 is 0 Å². The van der Waals surface area contributed by atoms with Gasteiger partial charge in [0.15, 0.2) is 5.96 Å². The van der Waals surface area contributed by atoms with Crippen LogP contribution in [-0.2, 0) is 4.79 Å². The Morgan fingerprint density at radius 1 is 1.39 bits per heavy atom. The minimum atomic E-state index is 0.0892. The first-order valence-electron chi connectivity index (χ1n) is 8.12. The number of aromatic nitrogens is 1. The lowest BCUT2D eigenvalue weighted by molar-refractivity contribution is -0.128. The zero-order chi connectivity index (χ0) is 16.3. The lowest BCUT2D eigenvalue weighted by atomic mass is 10.4. The summed E-state index contributed by atoms with van der Waals surface area (Å²) in [6, 6.07) is 3.69. The molecule has 1 aliphatic heterocycles. The van der Waals surface area contributed by atoms with Gasteiger partial charge in [-0.15, -0.1) is 0 Å². The monoisotopic (exact) mass is 319 g/mol. The third-order valence-electron chi connectivity index (χ3n) is 3.47. The number of hydrogen-bond donors (Lipinski definition) is 2. The van der Waals surface area contributed by atoms with Crippen LogP contribution in [0.15, 0.2) is 29.5 Å². The second-order valence-corrected chi connectivity index (χ2v) is 5.25. The first-order valence-corrected chi connectivity index (χ1v) is 8.12. The highest BCUT2D eigenvalue weighted by atomic mass is 16.5. The first kappa shape index (κ1) is 17.1. The molecule has 0 unspecified atom stereocenters. The molecule has 0 spiro atoms. The summed E-state index contributed by atoms with van der Waals surface area (Å²) in [7, 11) is 0. The minimum absolute atomic E-state index is 0.0892. The van der Waals surface area contributed by atoms with E-state index in [-0.39, 0.29) is 12.5 Å². The standard InChI is InChI=1S/C16H25N5O2/c1-2-18-16(20-13-15(22)21-9-3-4-10-21)19-8-11-23-14-6-5-7-17-12-14/h5-7,12H,2-4,8-11,13H2,1H3,(H2,18,19,20). The Hall–Kier alpha value is -2.31. The topological polar surface area (TPSA) is 78.9 Å². The lowest BCUT2D eigenvalue weighted by Crippen LogP contribution is -2.40. The van der Waals surface area contributed by atoms with Crippen molar-refractivity contribution in [2.75, 3.05) is 39.3 Å². The minimum Gasteiger partial charge on any atom is -0.490 e. The largest absolute Gasteiger partial charge is 0.490 e. The highest BCUT2D eigenvalue weighted by Crippen LogP contribution is 2.07. The van der Waals surface area contributed by atoms with Crippen LogP contribution in [-0.4, -0.2) is 61.1 Å². The number of pyridine rings is 1. The van der Waals surface area contributed by atoms with Gasteiger partial charge in [0.2, 0.25) is 5.91 Å². The number of ether oxygens (including phenoxy) is 1. The van der Waals surface area contributed by atoms with Crippen LogP contribution in [0.25, 0.3) is 0 Å². The molecule has 23 heavy (non-hydrogen) atoms.